The van der Waals surface area contributed by atoms with Gasteiger partial charge >= 0.3 is 0 Å². The summed E-state index contributed by atoms with van der Waals surface area (Å²) in [6.45, 7) is 4.95. The van der Waals surface area contributed by atoms with Crippen LogP contribution in [0.2, 0.25) is 5.02 Å². The second kappa shape index (κ2) is 7.18. The monoisotopic (exact) mass is 304 g/mol. The lowest BCUT2D eigenvalue weighted by molar-refractivity contribution is 0.255. The fourth-order valence-corrected chi connectivity index (χ4v) is 2.16. The van der Waals surface area contributed by atoms with E-state index in [1.807, 2.05) is 25.1 Å². The standard InChI is InChI=1S/C13H18BrClO/c1-3-4-11(8-14)9-16-12-5-6-13(15)10(2)7-12/h5-7,11H,3-4,8-9H2,1-2H3. The van der Waals surface area contributed by atoms with Gasteiger partial charge in [-0.05, 0) is 37.1 Å². The topological polar surface area (TPSA) is 9.23 Å². The molecule has 1 nitrogen and oxygen atoms in total. The van der Waals surface area contributed by atoms with Gasteiger partial charge in [0, 0.05) is 16.3 Å². The summed E-state index contributed by atoms with van der Waals surface area (Å²) in [7, 11) is 0. The Morgan fingerprint density at radius 2 is 2.19 bits per heavy atom. The molecule has 1 aromatic rings. The van der Waals surface area contributed by atoms with Crippen LogP contribution in [0.4, 0.5) is 0 Å². The molecule has 0 fully saturated rings. The van der Waals surface area contributed by atoms with Gasteiger partial charge in [0.1, 0.15) is 5.75 Å². The minimum atomic E-state index is 0.584. The molecule has 0 N–H and O–H groups in total. The number of hydrogen-bond acceptors (Lipinski definition) is 1. The van der Waals surface area contributed by atoms with Gasteiger partial charge in [-0.1, -0.05) is 40.9 Å². The molecule has 0 aliphatic rings. The fourth-order valence-electron chi connectivity index (χ4n) is 1.53. The van der Waals surface area contributed by atoms with E-state index in [-0.39, 0.29) is 0 Å². The molecule has 0 heterocycles. The van der Waals surface area contributed by atoms with Crippen LogP contribution in [0, 0.1) is 12.8 Å². The first-order valence-corrected chi connectivity index (χ1v) is 7.12. The molecule has 90 valence electrons. The van der Waals surface area contributed by atoms with E-state index in [9.17, 15) is 0 Å². The van der Waals surface area contributed by atoms with Gasteiger partial charge in [0.25, 0.3) is 0 Å². The molecule has 1 rings (SSSR count). The zero-order chi connectivity index (χ0) is 12.0. The maximum absolute atomic E-state index is 5.96. The normalized spacial score (nSPS) is 12.5. The SMILES string of the molecule is CCCC(CBr)COc1ccc(Cl)c(C)c1. The van der Waals surface area contributed by atoms with Crippen molar-refractivity contribution in [3.05, 3.63) is 28.8 Å². The highest BCUT2D eigenvalue weighted by molar-refractivity contribution is 9.09. The molecule has 1 atom stereocenters. The number of hydrogen-bond donors (Lipinski definition) is 0. The molecule has 0 aromatic heterocycles. The average Bonchev–Trinajstić information content (AvgIpc) is 2.28. The number of halogens is 2. The maximum atomic E-state index is 5.96. The Hall–Kier alpha value is -0.210. The highest BCUT2D eigenvalue weighted by Crippen LogP contribution is 2.22. The highest BCUT2D eigenvalue weighted by Gasteiger charge is 2.07. The van der Waals surface area contributed by atoms with Crippen LogP contribution in [-0.2, 0) is 0 Å². The second-order valence-electron chi connectivity index (χ2n) is 4.03. The summed E-state index contributed by atoms with van der Waals surface area (Å²) in [5.74, 6) is 1.49. The lowest BCUT2D eigenvalue weighted by Gasteiger charge is -2.14. The Bertz CT molecular complexity index is 328. The van der Waals surface area contributed by atoms with Gasteiger partial charge in [-0.3, -0.25) is 0 Å². The zero-order valence-corrected chi connectivity index (χ0v) is 12.1. The lowest BCUT2D eigenvalue weighted by atomic mass is 10.1. The Morgan fingerprint density at radius 3 is 2.75 bits per heavy atom. The Kier molecular flexibility index (Phi) is 6.22. The van der Waals surface area contributed by atoms with Crippen LogP contribution in [0.5, 0.6) is 5.75 Å². The molecular formula is C13H18BrClO. The number of aryl methyl sites for hydroxylation is 1. The van der Waals surface area contributed by atoms with E-state index in [1.165, 1.54) is 12.8 Å². The predicted octanol–water partition coefficient (Wildman–Crippen LogP) is 4.84. The molecule has 0 amide bonds. The molecule has 0 saturated carbocycles. The van der Waals surface area contributed by atoms with Crippen LogP contribution >= 0.6 is 27.5 Å². The quantitative estimate of drug-likeness (QED) is 0.683. The van der Waals surface area contributed by atoms with Crippen molar-refractivity contribution in [3.63, 3.8) is 0 Å². The Morgan fingerprint density at radius 1 is 1.44 bits per heavy atom. The van der Waals surface area contributed by atoms with E-state index in [2.05, 4.69) is 22.9 Å². The van der Waals surface area contributed by atoms with E-state index >= 15 is 0 Å². The van der Waals surface area contributed by atoms with Crippen LogP contribution in [0.1, 0.15) is 25.3 Å². The van der Waals surface area contributed by atoms with Crippen LogP contribution in [-0.4, -0.2) is 11.9 Å². The highest BCUT2D eigenvalue weighted by atomic mass is 79.9. The van der Waals surface area contributed by atoms with Gasteiger partial charge in [-0.25, -0.2) is 0 Å². The summed E-state index contributed by atoms with van der Waals surface area (Å²) in [6, 6.07) is 5.79. The molecule has 1 unspecified atom stereocenters. The summed E-state index contributed by atoms with van der Waals surface area (Å²) in [5, 5.41) is 1.78. The van der Waals surface area contributed by atoms with E-state index in [4.69, 9.17) is 16.3 Å². The molecule has 0 saturated heterocycles. The molecule has 1 aromatic carbocycles. The third kappa shape index (κ3) is 4.34. The van der Waals surface area contributed by atoms with Gasteiger partial charge in [0.2, 0.25) is 0 Å². The Balaban J connectivity index is 2.50. The van der Waals surface area contributed by atoms with E-state index in [0.29, 0.717) is 5.92 Å². The summed E-state index contributed by atoms with van der Waals surface area (Å²) in [6.07, 6.45) is 2.39. The smallest absolute Gasteiger partial charge is 0.119 e. The average molecular weight is 306 g/mol. The van der Waals surface area contributed by atoms with Gasteiger partial charge in [0.15, 0.2) is 0 Å². The van der Waals surface area contributed by atoms with Crippen LogP contribution in [0.3, 0.4) is 0 Å². The third-order valence-electron chi connectivity index (χ3n) is 2.53. The number of rotatable bonds is 6. The van der Waals surface area contributed by atoms with Crippen molar-refractivity contribution in [1.82, 2.24) is 0 Å². The van der Waals surface area contributed by atoms with Crippen LogP contribution in [0.25, 0.3) is 0 Å². The molecule has 0 aliphatic heterocycles. The minimum Gasteiger partial charge on any atom is -0.493 e. The van der Waals surface area contributed by atoms with Crippen molar-refractivity contribution in [2.75, 3.05) is 11.9 Å². The number of ether oxygens (including phenoxy) is 1. The zero-order valence-electron chi connectivity index (χ0n) is 9.80. The third-order valence-corrected chi connectivity index (χ3v) is 3.87. The van der Waals surface area contributed by atoms with Crippen LogP contribution < -0.4 is 4.74 Å². The Labute approximate surface area is 111 Å². The minimum absolute atomic E-state index is 0.584. The number of benzene rings is 1. The predicted molar refractivity (Wildman–Crippen MR) is 73.9 cm³/mol. The number of alkyl halides is 1. The molecular weight excluding hydrogens is 287 g/mol. The molecule has 0 aliphatic carbocycles. The van der Waals surface area contributed by atoms with E-state index < -0.39 is 0 Å². The maximum Gasteiger partial charge on any atom is 0.119 e. The van der Waals surface area contributed by atoms with Crippen molar-refractivity contribution in [1.29, 1.82) is 0 Å². The van der Waals surface area contributed by atoms with Crippen molar-refractivity contribution in [2.24, 2.45) is 5.92 Å². The molecule has 3 heteroatoms. The summed E-state index contributed by atoms with van der Waals surface area (Å²) >= 11 is 9.47. The van der Waals surface area contributed by atoms with E-state index in [1.54, 1.807) is 0 Å². The summed E-state index contributed by atoms with van der Waals surface area (Å²) in [4.78, 5) is 0. The van der Waals surface area contributed by atoms with E-state index in [0.717, 1.165) is 28.3 Å². The lowest BCUT2D eigenvalue weighted by Crippen LogP contribution is -2.13. The first-order valence-electron chi connectivity index (χ1n) is 5.62. The summed E-state index contributed by atoms with van der Waals surface area (Å²) in [5.41, 5.74) is 1.06. The first-order chi connectivity index (χ1) is 7.67. The first kappa shape index (κ1) is 13.9. The van der Waals surface area contributed by atoms with Crippen molar-refractivity contribution < 1.29 is 4.74 Å². The molecule has 0 radical (unpaired) electrons. The van der Waals surface area contributed by atoms with Gasteiger partial charge in [-0.2, -0.15) is 0 Å². The van der Waals surface area contributed by atoms with Gasteiger partial charge in [0.05, 0.1) is 6.61 Å². The van der Waals surface area contributed by atoms with Crippen LogP contribution in [0.15, 0.2) is 18.2 Å². The fraction of sp³-hybridized carbons (Fsp3) is 0.538. The largest absolute Gasteiger partial charge is 0.493 e. The van der Waals surface area contributed by atoms with Crippen molar-refractivity contribution >= 4 is 27.5 Å². The molecule has 16 heavy (non-hydrogen) atoms. The molecule has 0 spiro atoms. The summed E-state index contributed by atoms with van der Waals surface area (Å²) < 4.78 is 5.76. The van der Waals surface area contributed by atoms with Gasteiger partial charge < -0.3 is 4.74 Å². The molecule has 0 bridgehead atoms. The van der Waals surface area contributed by atoms with Gasteiger partial charge in [-0.15, -0.1) is 0 Å². The second-order valence-corrected chi connectivity index (χ2v) is 5.09. The van der Waals surface area contributed by atoms with Crippen molar-refractivity contribution in [2.45, 2.75) is 26.7 Å². The van der Waals surface area contributed by atoms with Crippen molar-refractivity contribution in [3.8, 4) is 5.75 Å².